The van der Waals surface area contributed by atoms with E-state index in [1.807, 2.05) is 26.8 Å². The zero-order valence-electron chi connectivity index (χ0n) is 21.3. The van der Waals surface area contributed by atoms with E-state index >= 15 is 0 Å². The van der Waals surface area contributed by atoms with Crippen molar-refractivity contribution in [1.29, 1.82) is 0 Å². The minimum Gasteiger partial charge on any atom is -0.505 e. The van der Waals surface area contributed by atoms with Gasteiger partial charge in [0.1, 0.15) is 0 Å². The average Bonchev–Trinajstić information content (AvgIpc) is 3.09. The Bertz CT molecular complexity index is 1330. The van der Waals surface area contributed by atoms with Gasteiger partial charge in [0.05, 0.1) is 31.5 Å². The highest BCUT2D eigenvalue weighted by atomic mass is 32.2. The Morgan fingerprint density at radius 1 is 1.03 bits per heavy atom. The van der Waals surface area contributed by atoms with Gasteiger partial charge < -0.3 is 30.1 Å². The van der Waals surface area contributed by atoms with Crippen molar-refractivity contribution in [3.63, 3.8) is 0 Å². The quantitative estimate of drug-likeness (QED) is 0.497. The maximum atomic E-state index is 12.4. The van der Waals surface area contributed by atoms with E-state index in [-0.39, 0.29) is 28.7 Å². The minimum atomic E-state index is -4.16. The molecule has 0 saturated heterocycles. The number of nitrogens with zero attached hydrogens (tertiary/aromatic N) is 3. The molecular weight excluding hydrogens is 486 g/mol. The molecule has 0 unspecified atom stereocenters. The average molecular weight is 518 g/mol. The summed E-state index contributed by atoms with van der Waals surface area (Å²) in [5, 5.41) is 16.7. The van der Waals surface area contributed by atoms with Crippen molar-refractivity contribution < 1.29 is 27.8 Å². The molecule has 1 amide bonds. The van der Waals surface area contributed by atoms with Crippen molar-refractivity contribution in [2.45, 2.75) is 26.8 Å². The van der Waals surface area contributed by atoms with Crippen LogP contribution in [-0.4, -0.2) is 64.3 Å². The molecule has 3 N–H and O–H groups in total. The second-order valence-electron chi connectivity index (χ2n) is 9.41. The second-order valence-corrected chi connectivity index (χ2v) is 10.7. The summed E-state index contributed by atoms with van der Waals surface area (Å²) in [5.41, 5.74) is 0.551. The molecule has 0 spiro atoms. The summed E-state index contributed by atoms with van der Waals surface area (Å²) in [6, 6.07) is 9.53. The molecule has 194 valence electrons. The Hall–Kier alpha value is -3.80. The van der Waals surface area contributed by atoms with Crippen molar-refractivity contribution in [2.75, 3.05) is 33.6 Å². The van der Waals surface area contributed by atoms with Crippen LogP contribution in [0.3, 0.4) is 0 Å². The second kappa shape index (κ2) is 10.1. The molecule has 12 heteroatoms. The van der Waals surface area contributed by atoms with Crippen LogP contribution in [0.4, 0.5) is 5.69 Å². The maximum absolute atomic E-state index is 12.4. The zero-order chi connectivity index (χ0) is 26.8. The molecule has 0 fully saturated rings. The summed E-state index contributed by atoms with van der Waals surface area (Å²) in [6.45, 7) is 5.95. The van der Waals surface area contributed by atoms with E-state index in [4.69, 9.17) is 9.47 Å². The molecule has 0 saturated carbocycles. The lowest BCUT2D eigenvalue weighted by molar-refractivity contribution is 0.0824. The third-order valence-electron chi connectivity index (χ3n) is 5.45. The molecule has 0 bridgehead atoms. The number of nitrogens with one attached hydrogen (secondary N) is 2. The number of benzene rings is 2. The highest BCUT2D eigenvalue weighted by Crippen LogP contribution is 2.38. The highest BCUT2D eigenvalue weighted by Gasteiger charge is 2.33. The molecule has 1 atom stereocenters. The largest absolute Gasteiger partial charge is 0.505 e. The first-order valence-corrected chi connectivity index (χ1v) is 12.4. The molecule has 1 aliphatic rings. The fraction of sp³-hybridized carbons (Fsp3) is 0.375. The Balaban J connectivity index is 1.99. The summed E-state index contributed by atoms with van der Waals surface area (Å²) in [6.07, 6.45) is 0. The van der Waals surface area contributed by atoms with Crippen LogP contribution in [0.1, 0.15) is 42.7 Å². The zero-order valence-corrected chi connectivity index (χ0v) is 22.1. The van der Waals surface area contributed by atoms with Gasteiger partial charge in [-0.3, -0.25) is 4.79 Å². The van der Waals surface area contributed by atoms with E-state index in [1.54, 1.807) is 39.4 Å². The molecule has 3 rings (SSSR count). The standard InChI is InChI=1S/C24H31N5O6S/c1-24(2,3)20(14-11-12-17(34-6)18(13-14)35-7)26-22-21(27-36(32,33)28-22)25-16-10-8-9-15(19(16)30)23(31)29(4)5/h8-13,20,30H,1-7H3,(H,25,27)(H,26,28)/t20-/m0/s1. The Kier molecular flexibility index (Phi) is 7.48. The maximum Gasteiger partial charge on any atom is 0.367 e. The lowest BCUT2D eigenvalue weighted by atomic mass is 9.82. The van der Waals surface area contributed by atoms with Crippen LogP contribution >= 0.6 is 0 Å². The number of anilines is 1. The molecule has 1 heterocycles. The van der Waals surface area contributed by atoms with Crippen molar-refractivity contribution in [2.24, 2.45) is 14.2 Å². The number of carbonyl (C=O) groups excluding carboxylic acids is 1. The molecule has 2 aromatic carbocycles. The van der Waals surface area contributed by atoms with E-state index in [1.165, 1.54) is 24.1 Å². The number of phenols is 1. The van der Waals surface area contributed by atoms with E-state index in [0.717, 1.165) is 5.56 Å². The van der Waals surface area contributed by atoms with Crippen LogP contribution in [0.2, 0.25) is 0 Å². The molecule has 0 aromatic heterocycles. The van der Waals surface area contributed by atoms with Crippen LogP contribution in [0.5, 0.6) is 17.2 Å². The SMILES string of the molecule is COc1ccc([C@H](NC2=NS(=O)(=O)N=C2Nc2cccc(C(=O)N(C)C)c2O)C(C)(C)C)cc1OC. The van der Waals surface area contributed by atoms with E-state index < -0.39 is 27.6 Å². The van der Waals surface area contributed by atoms with Gasteiger partial charge in [-0.2, -0.15) is 8.42 Å². The predicted molar refractivity (Wildman–Crippen MR) is 138 cm³/mol. The van der Waals surface area contributed by atoms with Gasteiger partial charge in [0, 0.05) is 14.1 Å². The van der Waals surface area contributed by atoms with Gasteiger partial charge in [-0.1, -0.05) is 32.9 Å². The van der Waals surface area contributed by atoms with Gasteiger partial charge in [-0.25, -0.2) is 0 Å². The van der Waals surface area contributed by atoms with Crippen molar-refractivity contribution in [1.82, 2.24) is 10.2 Å². The third-order valence-corrected chi connectivity index (χ3v) is 6.28. The number of aromatic hydroxyl groups is 1. The number of hydrogen-bond acceptors (Lipinski definition) is 8. The van der Waals surface area contributed by atoms with Gasteiger partial charge in [0.25, 0.3) is 5.91 Å². The van der Waals surface area contributed by atoms with Gasteiger partial charge >= 0.3 is 10.2 Å². The van der Waals surface area contributed by atoms with Crippen LogP contribution in [-0.2, 0) is 10.2 Å². The first kappa shape index (κ1) is 26.8. The minimum absolute atomic E-state index is 0.0338. The lowest BCUT2D eigenvalue weighted by Crippen LogP contribution is -2.41. The van der Waals surface area contributed by atoms with Crippen LogP contribution in [0, 0.1) is 5.41 Å². The van der Waals surface area contributed by atoms with Crippen LogP contribution < -0.4 is 20.1 Å². The summed E-state index contributed by atoms with van der Waals surface area (Å²) in [4.78, 5) is 13.7. The fourth-order valence-corrected chi connectivity index (χ4v) is 4.44. The number of amidine groups is 2. The monoisotopic (exact) mass is 517 g/mol. The summed E-state index contributed by atoms with van der Waals surface area (Å²) in [7, 11) is 2.03. The van der Waals surface area contributed by atoms with E-state index in [0.29, 0.717) is 11.5 Å². The summed E-state index contributed by atoms with van der Waals surface area (Å²) < 4.78 is 42.9. The first-order valence-electron chi connectivity index (χ1n) is 11.0. The van der Waals surface area contributed by atoms with Crippen molar-refractivity contribution >= 4 is 33.5 Å². The molecule has 36 heavy (non-hydrogen) atoms. The van der Waals surface area contributed by atoms with Gasteiger partial charge in [0.2, 0.25) is 0 Å². The number of methoxy groups -OCH3 is 2. The molecule has 0 aliphatic carbocycles. The van der Waals surface area contributed by atoms with Gasteiger partial charge in [-0.15, -0.1) is 8.80 Å². The predicted octanol–water partition coefficient (Wildman–Crippen LogP) is 2.96. The first-order chi connectivity index (χ1) is 16.8. The molecule has 2 aromatic rings. The molecular formula is C24H31N5O6S. The van der Waals surface area contributed by atoms with Crippen molar-refractivity contribution in [3.8, 4) is 17.2 Å². The number of carbonyl (C=O) groups is 1. The Morgan fingerprint density at radius 3 is 2.25 bits per heavy atom. The van der Waals surface area contributed by atoms with Gasteiger partial charge in [-0.05, 0) is 35.2 Å². The molecule has 11 nitrogen and oxygen atoms in total. The van der Waals surface area contributed by atoms with E-state index in [2.05, 4.69) is 19.4 Å². The number of ether oxygens (including phenoxy) is 2. The number of para-hydroxylation sites is 1. The van der Waals surface area contributed by atoms with E-state index in [9.17, 15) is 18.3 Å². The fourth-order valence-electron chi connectivity index (χ4n) is 3.67. The Morgan fingerprint density at radius 2 is 1.67 bits per heavy atom. The normalized spacial score (nSPS) is 15.4. The Labute approximate surface area is 211 Å². The van der Waals surface area contributed by atoms with Crippen LogP contribution in [0.15, 0.2) is 45.2 Å². The third kappa shape index (κ3) is 5.70. The summed E-state index contributed by atoms with van der Waals surface area (Å²) >= 11 is 0. The van der Waals surface area contributed by atoms with Crippen LogP contribution in [0.25, 0.3) is 0 Å². The number of hydrogen-bond donors (Lipinski definition) is 3. The number of amides is 1. The lowest BCUT2D eigenvalue weighted by Gasteiger charge is -2.33. The highest BCUT2D eigenvalue weighted by molar-refractivity contribution is 7.89. The number of rotatable bonds is 6. The number of phenolic OH excluding ortho intramolecular Hbond substituents is 1. The molecule has 1 aliphatic heterocycles. The topological polar surface area (TPSA) is 142 Å². The smallest absolute Gasteiger partial charge is 0.367 e. The summed E-state index contributed by atoms with van der Waals surface area (Å²) in [5.74, 6) is 0.177. The van der Waals surface area contributed by atoms with Gasteiger partial charge in [0.15, 0.2) is 28.9 Å². The van der Waals surface area contributed by atoms with Crippen molar-refractivity contribution in [3.05, 3.63) is 47.5 Å². The molecule has 0 radical (unpaired) electrons.